The number of anilines is 2. The zero-order valence-corrected chi connectivity index (χ0v) is 12.2. The van der Waals surface area contributed by atoms with E-state index in [-0.39, 0.29) is 11.3 Å². The molecule has 0 spiro atoms. The standard InChI is InChI=1S/C14H11BrF2N2O2/c15-9-4-5-12(11(18)7-9)19-13(20)8-2-1-3-10(6-8)21-14(16)17/h1-7,14H,18H2,(H,19,20). The number of nitrogens with one attached hydrogen (secondary N) is 1. The number of carbonyl (C=O) groups is 1. The number of halogens is 3. The molecule has 2 rings (SSSR count). The van der Waals surface area contributed by atoms with Crippen LogP contribution < -0.4 is 15.8 Å². The van der Waals surface area contributed by atoms with E-state index in [2.05, 4.69) is 26.0 Å². The third-order valence-corrected chi connectivity index (χ3v) is 3.08. The van der Waals surface area contributed by atoms with Gasteiger partial charge in [0.1, 0.15) is 5.75 Å². The highest BCUT2D eigenvalue weighted by molar-refractivity contribution is 9.10. The smallest absolute Gasteiger partial charge is 0.387 e. The Morgan fingerprint density at radius 1 is 1.24 bits per heavy atom. The Labute approximate surface area is 128 Å². The first-order valence-electron chi connectivity index (χ1n) is 5.87. The van der Waals surface area contributed by atoms with Gasteiger partial charge in [-0.25, -0.2) is 0 Å². The van der Waals surface area contributed by atoms with E-state index in [1.165, 1.54) is 24.3 Å². The summed E-state index contributed by atoms with van der Waals surface area (Å²) in [7, 11) is 0. The van der Waals surface area contributed by atoms with Crippen molar-refractivity contribution < 1.29 is 18.3 Å². The maximum Gasteiger partial charge on any atom is 0.387 e. The van der Waals surface area contributed by atoms with Gasteiger partial charge < -0.3 is 15.8 Å². The summed E-state index contributed by atoms with van der Waals surface area (Å²) in [6.07, 6.45) is 0. The summed E-state index contributed by atoms with van der Waals surface area (Å²) in [5, 5.41) is 2.61. The zero-order chi connectivity index (χ0) is 15.4. The maximum absolute atomic E-state index is 12.1. The summed E-state index contributed by atoms with van der Waals surface area (Å²) in [6.45, 7) is -2.94. The van der Waals surface area contributed by atoms with Crippen molar-refractivity contribution in [1.29, 1.82) is 0 Å². The van der Waals surface area contributed by atoms with Crippen LogP contribution in [-0.4, -0.2) is 12.5 Å². The Hall–Kier alpha value is -2.15. The second kappa shape index (κ2) is 6.53. The molecule has 0 aliphatic rings. The van der Waals surface area contributed by atoms with E-state index in [0.717, 1.165) is 4.47 Å². The summed E-state index contributed by atoms with van der Waals surface area (Å²) in [6, 6.07) is 10.5. The summed E-state index contributed by atoms with van der Waals surface area (Å²) in [5.41, 5.74) is 6.79. The highest BCUT2D eigenvalue weighted by atomic mass is 79.9. The third-order valence-electron chi connectivity index (χ3n) is 2.58. The molecule has 0 atom stereocenters. The molecule has 0 aliphatic carbocycles. The number of benzene rings is 2. The molecule has 0 aromatic heterocycles. The third kappa shape index (κ3) is 4.16. The molecule has 0 unspecified atom stereocenters. The zero-order valence-electron chi connectivity index (χ0n) is 10.6. The number of hydrogen-bond donors (Lipinski definition) is 2. The fourth-order valence-electron chi connectivity index (χ4n) is 1.66. The van der Waals surface area contributed by atoms with Gasteiger partial charge in [0.2, 0.25) is 0 Å². The van der Waals surface area contributed by atoms with Gasteiger partial charge in [-0.3, -0.25) is 4.79 Å². The molecule has 7 heteroatoms. The Bertz CT molecular complexity index is 665. The number of alkyl halides is 2. The molecule has 110 valence electrons. The maximum atomic E-state index is 12.1. The first-order chi connectivity index (χ1) is 9.95. The van der Waals surface area contributed by atoms with Crippen molar-refractivity contribution in [2.45, 2.75) is 6.61 Å². The molecule has 21 heavy (non-hydrogen) atoms. The van der Waals surface area contributed by atoms with Crippen LogP contribution in [0.2, 0.25) is 0 Å². The van der Waals surface area contributed by atoms with Gasteiger partial charge in [0.25, 0.3) is 5.91 Å². The van der Waals surface area contributed by atoms with E-state index in [1.807, 2.05) is 0 Å². The molecule has 0 saturated carbocycles. The minimum atomic E-state index is -2.94. The molecule has 4 nitrogen and oxygen atoms in total. The summed E-state index contributed by atoms with van der Waals surface area (Å²) >= 11 is 3.26. The first-order valence-corrected chi connectivity index (χ1v) is 6.66. The lowest BCUT2D eigenvalue weighted by molar-refractivity contribution is -0.0498. The lowest BCUT2D eigenvalue weighted by Crippen LogP contribution is -2.13. The largest absolute Gasteiger partial charge is 0.435 e. The minimum Gasteiger partial charge on any atom is -0.435 e. The number of amides is 1. The van der Waals surface area contributed by atoms with Crippen LogP contribution in [0.1, 0.15) is 10.4 Å². The molecular weight excluding hydrogens is 346 g/mol. The Morgan fingerprint density at radius 3 is 2.67 bits per heavy atom. The van der Waals surface area contributed by atoms with Crippen molar-refractivity contribution in [3.8, 4) is 5.75 Å². The van der Waals surface area contributed by atoms with Gasteiger partial charge >= 0.3 is 6.61 Å². The number of nitrogen functional groups attached to an aromatic ring is 1. The monoisotopic (exact) mass is 356 g/mol. The van der Waals surface area contributed by atoms with Crippen LogP contribution in [0.15, 0.2) is 46.9 Å². The predicted octanol–water partition coefficient (Wildman–Crippen LogP) is 3.89. The summed E-state index contributed by atoms with van der Waals surface area (Å²) < 4.78 is 29.3. The molecule has 3 N–H and O–H groups in total. The molecule has 2 aromatic rings. The molecule has 0 heterocycles. The van der Waals surface area contributed by atoms with Crippen molar-refractivity contribution in [3.05, 3.63) is 52.5 Å². The van der Waals surface area contributed by atoms with Gasteiger partial charge in [-0.15, -0.1) is 0 Å². The fraction of sp³-hybridized carbons (Fsp3) is 0.0714. The van der Waals surface area contributed by atoms with Crippen molar-refractivity contribution in [3.63, 3.8) is 0 Å². The molecule has 0 aliphatic heterocycles. The highest BCUT2D eigenvalue weighted by Gasteiger charge is 2.11. The van der Waals surface area contributed by atoms with Crippen LogP contribution in [0.25, 0.3) is 0 Å². The van der Waals surface area contributed by atoms with Gasteiger partial charge in [0.15, 0.2) is 0 Å². The van der Waals surface area contributed by atoms with Crippen LogP contribution in [0.5, 0.6) is 5.75 Å². The van der Waals surface area contributed by atoms with Crippen LogP contribution in [0.3, 0.4) is 0 Å². The van der Waals surface area contributed by atoms with Crippen LogP contribution in [-0.2, 0) is 0 Å². The topological polar surface area (TPSA) is 64.3 Å². The van der Waals surface area contributed by atoms with Crippen LogP contribution >= 0.6 is 15.9 Å². The highest BCUT2D eigenvalue weighted by Crippen LogP contribution is 2.24. The van der Waals surface area contributed by atoms with E-state index < -0.39 is 12.5 Å². The van der Waals surface area contributed by atoms with E-state index in [4.69, 9.17) is 5.73 Å². The molecule has 0 radical (unpaired) electrons. The van der Waals surface area contributed by atoms with Gasteiger partial charge in [0.05, 0.1) is 11.4 Å². The molecule has 0 fully saturated rings. The predicted molar refractivity (Wildman–Crippen MR) is 79.6 cm³/mol. The second-order valence-electron chi connectivity index (χ2n) is 4.09. The molecule has 1 amide bonds. The first kappa shape index (κ1) is 15.2. The van der Waals surface area contributed by atoms with E-state index in [0.29, 0.717) is 11.4 Å². The van der Waals surface area contributed by atoms with Gasteiger partial charge in [-0.05, 0) is 36.4 Å². The van der Waals surface area contributed by atoms with Crippen molar-refractivity contribution in [2.75, 3.05) is 11.1 Å². The van der Waals surface area contributed by atoms with E-state index in [1.54, 1.807) is 18.2 Å². The molecule has 0 saturated heterocycles. The van der Waals surface area contributed by atoms with Crippen LogP contribution in [0, 0.1) is 0 Å². The SMILES string of the molecule is Nc1cc(Br)ccc1NC(=O)c1cccc(OC(F)F)c1. The van der Waals surface area contributed by atoms with Crippen molar-refractivity contribution >= 4 is 33.2 Å². The van der Waals surface area contributed by atoms with E-state index >= 15 is 0 Å². The molecule has 2 aromatic carbocycles. The lowest BCUT2D eigenvalue weighted by atomic mass is 10.2. The Balaban J connectivity index is 2.16. The van der Waals surface area contributed by atoms with Crippen molar-refractivity contribution in [2.24, 2.45) is 0 Å². The second-order valence-corrected chi connectivity index (χ2v) is 5.01. The average molecular weight is 357 g/mol. The van der Waals surface area contributed by atoms with Gasteiger partial charge in [0, 0.05) is 10.0 Å². The van der Waals surface area contributed by atoms with Crippen molar-refractivity contribution in [1.82, 2.24) is 0 Å². The number of nitrogens with two attached hydrogens (primary N) is 1. The fourth-order valence-corrected chi connectivity index (χ4v) is 2.03. The van der Waals surface area contributed by atoms with Gasteiger partial charge in [-0.2, -0.15) is 8.78 Å². The quantitative estimate of drug-likeness (QED) is 0.817. The van der Waals surface area contributed by atoms with Gasteiger partial charge in [-0.1, -0.05) is 22.0 Å². The Kier molecular flexibility index (Phi) is 4.74. The van der Waals surface area contributed by atoms with Crippen LogP contribution in [0.4, 0.5) is 20.2 Å². The number of rotatable bonds is 4. The molecule has 0 bridgehead atoms. The summed E-state index contributed by atoms with van der Waals surface area (Å²) in [5.74, 6) is -0.551. The average Bonchev–Trinajstić information content (AvgIpc) is 2.41. The van der Waals surface area contributed by atoms with E-state index in [9.17, 15) is 13.6 Å². The lowest BCUT2D eigenvalue weighted by Gasteiger charge is -2.10. The normalized spacial score (nSPS) is 10.5. The summed E-state index contributed by atoms with van der Waals surface area (Å²) in [4.78, 5) is 12.1. The number of carbonyl (C=O) groups excluding carboxylic acids is 1. The Morgan fingerprint density at radius 2 is 2.00 bits per heavy atom. The molecular formula is C14H11BrF2N2O2. The number of hydrogen-bond acceptors (Lipinski definition) is 3. The number of ether oxygens (including phenoxy) is 1. The minimum absolute atomic E-state index is 0.0820.